The lowest BCUT2D eigenvalue weighted by atomic mass is 10.0. The second-order valence-corrected chi connectivity index (χ2v) is 4.62. The van der Waals surface area contributed by atoms with E-state index in [9.17, 15) is 4.39 Å². The molecule has 0 spiro atoms. The molecule has 0 aliphatic heterocycles. The van der Waals surface area contributed by atoms with Crippen molar-refractivity contribution in [1.82, 2.24) is 5.32 Å². The van der Waals surface area contributed by atoms with Gasteiger partial charge in [-0.2, -0.15) is 0 Å². The van der Waals surface area contributed by atoms with Crippen LogP contribution >= 0.6 is 0 Å². The predicted octanol–water partition coefficient (Wildman–Crippen LogP) is 2.76. The molecule has 0 bridgehead atoms. The molecule has 0 amide bonds. The van der Waals surface area contributed by atoms with Crippen LogP contribution in [0.2, 0.25) is 0 Å². The summed E-state index contributed by atoms with van der Waals surface area (Å²) in [4.78, 5) is 0. The third kappa shape index (κ3) is 3.63. The molecule has 15 heavy (non-hydrogen) atoms. The van der Waals surface area contributed by atoms with Gasteiger partial charge in [-0.05, 0) is 49.4 Å². The number of rotatable bonds is 5. The van der Waals surface area contributed by atoms with E-state index in [1.54, 1.807) is 0 Å². The topological polar surface area (TPSA) is 12.0 Å². The van der Waals surface area contributed by atoms with Gasteiger partial charge in [-0.1, -0.05) is 19.1 Å². The van der Waals surface area contributed by atoms with Crippen LogP contribution in [0.4, 0.5) is 4.39 Å². The van der Waals surface area contributed by atoms with Gasteiger partial charge in [-0.3, -0.25) is 0 Å². The summed E-state index contributed by atoms with van der Waals surface area (Å²) < 4.78 is 12.7. The summed E-state index contributed by atoms with van der Waals surface area (Å²) in [7, 11) is 0. The van der Waals surface area contributed by atoms with Crippen molar-refractivity contribution in [2.24, 2.45) is 5.92 Å². The Hall–Kier alpha value is -0.890. The molecular weight excluding hydrogens is 189 g/mol. The highest BCUT2D eigenvalue weighted by molar-refractivity contribution is 5.16. The van der Waals surface area contributed by atoms with Crippen LogP contribution in [0.1, 0.15) is 25.3 Å². The van der Waals surface area contributed by atoms with Crippen LogP contribution in [-0.2, 0) is 6.42 Å². The third-order valence-electron chi connectivity index (χ3n) is 2.83. The van der Waals surface area contributed by atoms with Crippen molar-refractivity contribution in [3.8, 4) is 0 Å². The number of halogens is 1. The molecule has 0 saturated heterocycles. The Kier molecular flexibility index (Phi) is 3.37. The Bertz CT molecular complexity index is 303. The van der Waals surface area contributed by atoms with E-state index < -0.39 is 0 Å². The minimum absolute atomic E-state index is 0.150. The Morgan fingerprint density at radius 1 is 1.33 bits per heavy atom. The van der Waals surface area contributed by atoms with Gasteiger partial charge >= 0.3 is 0 Å². The highest BCUT2D eigenvalue weighted by Crippen LogP contribution is 2.19. The van der Waals surface area contributed by atoms with Crippen LogP contribution in [0.15, 0.2) is 24.3 Å². The molecule has 82 valence electrons. The molecule has 1 atom stereocenters. The Labute approximate surface area is 90.7 Å². The highest BCUT2D eigenvalue weighted by atomic mass is 19.1. The fraction of sp³-hybridized carbons (Fsp3) is 0.538. The highest BCUT2D eigenvalue weighted by Gasteiger charge is 2.20. The summed E-state index contributed by atoms with van der Waals surface area (Å²) in [6, 6.07) is 7.61. The van der Waals surface area contributed by atoms with Crippen LogP contribution < -0.4 is 5.32 Å². The van der Waals surface area contributed by atoms with Crippen molar-refractivity contribution in [1.29, 1.82) is 0 Å². The lowest BCUT2D eigenvalue weighted by molar-refractivity contribution is 0.508. The van der Waals surface area contributed by atoms with Gasteiger partial charge in [-0.15, -0.1) is 0 Å². The van der Waals surface area contributed by atoms with Crippen molar-refractivity contribution >= 4 is 0 Å². The lowest BCUT2D eigenvalue weighted by Crippen LogP contribution is -2.24. The first-order chi connectivity index (χ1) is 7.24. The van der Waals surface area contributed by atoms with Crippen molar-refractivity contribution in [2.45, 2.75) is 32.2 Å². The van der Waals surface area contributed by atoms with Gasteiger partial charge in [0.05, 0.1) is 0 Å². The minimum Gasteiger partial charge on any atom is -0.314 e. The number of benzene rings is 1. The molecule has 2 heteroatoms. The molecule has 1 aliphatic carbocycles. The molecule has 1 aromatic rings. The van der Waals surface area contributed by atoms with Gasteiger partial charge in [0.1, 0.15) is 5.82 Å². The summed E-state index contributed by atoms with van der Waals surface area (Å²) in [6.07, 6.45) is 3.70. The monoisotopic (exact) mass is 207 g/mol. The molecule has 0 heterocycles. The number of hydrogen-bond donors (Lipinski definition) is 1. The zero-order valence-electron chi connectivity index (χ0n) is 9.17. The van der Waals surface area contributed by atoms with E-state index in [0.29, 0.717) is 5.92 Å². The molecular formula is C13H18FN. The second kappa shape index (κ2) is 4.75. The van der Waals surface area contributed by atoms with Gasteiger partial charge in [0.25, 0.3) is 0 Å². The first kappa shape index (κ1) is 10.6. The summed E-state index contributed by atoms with van der Waals surface area (Å²) in [5.74, 6) is 0.471. The number of nitrogens with one attached hydrogen (secondary N) is 1. The van der Waals surface area contributed by atoms with Gasteiger partial charge in [0.2, 0.25) is 0 Å². The van der Waals surface area contributed by atoms with E-state index in [1.807, 2.05) is 12.1 Å². The normalized spacial score (nSPS) is 17.7. The fourth-order valence-corrected chi connectivity index (χ4v) is 1.75. The third-order valence-corrected chi connectivity index (χ3v) is 2.83. The van der Waals surface area contributed by atoms with Crippen molar-refractivity contribution in [3.05, 3.63) is 35.6 Å². The summed E-state index contributed by atoms with van der Waals surface area (Å²) in [5.41, 5.74) is 1.22. The van der Waals surface area contributed by atoms with Crippen LogP contribution in [-0.4, -0.2) is 12.6 Å². The van der Waals surface area contributed by atoms with E-state index in [2.05, 4.69) is 12.2 Å². The first-order valence-corrected chi connectivity index (χ1v) is 5.72. The molecule has 1 fully saturated rings. The zero-order valence-corrected chi connectivity index (χ0v) is 9.17. The van der Waals surface area contributed by atoms with Gasteiger partial charge < -0.3 is 5.32 Å². The molecule has 1 unspecified atom stereocenters. The van der Waals surface area contributed by atoms with Crippen LogP contribution in [0.3, 0.4) is 0 Å². The first-order valence-electron chi connectivity index (χ1n) is 5.72. The quantitative estimate of drug-likeness (QED) is 0.783. The SMILES string of the molecule is CC(CNC1CC1)Cc1ccc(F)cc1. The van der Waals surface area contributed by atoms with E-state index in [0.717, 1.165) is 19.0 Å². The van der Waals surface area contributed by atoms with Crippen LogP contribution in [0.25, 0.3) is 0 Å². The van der Waals surface area contributed by atoms with Crippen LogP contribution in [0, 0.1) is 11.7 Å². The van der Waals surface area contributed by atoms with E-state index >= 15 is 0 Å². The average Bonchev–Trinajstić information content (AvgIpc) is 3.02. The van der Waals surface area contributed by atoms with Crippen molar-refractivity contribution < 1.29 is 4.39 Å². The van der Waals surface area contributed by atoms with Crippen LogP contribution in [0.5, 0.6) is 0 Å². The van der Waals surface area contributed by atoms with E-state index in [1.165, 1.54) is 30.5 Å². The Morgan fingerprint density at radius 2 is 2.00 bits per heavy atom. The van der Waals surface area contributed by atoms with E-state index in [-0.39, 0.29) is 5.82 Å². The molecule has 1 N–H and O–H groups in total. The minimum atomic E-state index is -0.150. The molecule has 1 saturated carbocycles. The Balaban J connectivity index is 1.76. The lowest BCUT2D eigenvalue weighted by Gasteiger charge is -2.12. The average molecular weight is 207 g/mol. The smallest absolute Gasteiger partial charge is 0.123 e. The molecule has 0 radical (unpaired) electrons. The second-order valence-electron chi connectivity index (χ2n) is 4.62. The Morgan fingerprint density at radius 3 is 2.60 bits per heavy atom. The maximum Gasteiger partial charge on any atom is 0.123 e. The number of hydrogen-bond acceptors (Lipinski definition) is 1. The standard InChI is InChI=1S/C13H18FN/c1-10(9-15-13-6-7-13)8-11-2-4-12(14)5-3-11/h2-5,10,13,15H,6-9H2,1H3. The van der Waals surface area contributed by atoms with Gasteiger partial charge in [-0.25, -0.2) is 4.39 Å². The molecule has 1 aliphatic rings. The van der Waals surface area contributed by atoms with Gasteiger partial charge in [0, 0.05) is 6.04 Å². The molecule has 0 aromatic heterocycles. The largest absolute Gasteiger partial charge is 0.314 e. The summed E-state index contributed by atoms with van der Waals surface area (Å²) in [6.45, 7) is 3.31. The molecule has 1 aromatic carbocycles. The summed E-state index contributed by atoms with van der Waals surface area (Å²) >= 11 is 0. The van der Waals surface area contributed by atoms with Crippen molar-refractivity contribution in [2.75, 3.05) is 6.54 Å². The van der Waals surface area contributed by atoms with Crippen molar-refractivity contribution in [3.63, 3.8) is 0 Å². The zero-order chi connectivity index (χ0) is 10.7. The van der Waals surface area contributed by atoms with Gasteiger partial charge in [0.15, 0.2) is 0 Å². The summed E-state index contributed by atoms with van der Waals surface area (Å²) in [5, 5.41) is 3.51. The molecule has 1 nitrogen and oxygen atoms in total. The van der Waals surface area contributed by atoms with E-state index in [4.69, 9.17) is 0 Å². The maximum absolute atomic E-state index is 12.7. The molecule has 2 rings (SSSR count). The fourth-order valence-electron chi connectivity index (χ4n) is 1.75. The predicted molar refractivity (Wildman–Crippen MR) is 60.3 cm³/mol. The maximum atomic E-state index is 12.7.